The molecule has 1 aromatic heterocycles. The number of methoxy groups -OCH3 is 1. The van der Waals surface area contributed by atoms with Crippen molar-refractivity contribution in [2.45, 2.75) is 32.7 Å². The maximum Gasteiger partial charge on any atom is 0.252 e. The maximum absolute atomic E-state index is 12.2. The number of ether oxygens (including phenoxy) is 1. The zero-order valence-electron chi connectivity index (χ0n) is 14.5. The van der Waals surface area contributed by atoms with E-state index in [9.17, 15) is 4.79 Å². The second-order valence-corrected chi connectivity index (χ2v) is 5.70. The number of aromatic nitrogens is 1. The Morgan fingerprint density at radius 2 is 2.04 bits per heavy atom. The first-order valence-corrected chi connectivity index (χ1v) is 8.26. The fraction of sp³-hybridized carbons (Fsp3) is 0.368. The van der Waals surface area contributed by atoms with E-state index in [1.54, 1.807) is 19.4 Å². The summed E-state index contributed by atoms with van der Waals surface area (Å²) < 4.78 is 5.31. The molecule has 0 bridgehead atoms. The van der Waals surface area contributed by atoms with Crippen LogP contribution in [0.2, 0.25) is 0 Å². The maximum atomic E-state index is 12.2. The third kappa shape index (κ3) is 4.98. The van der Waals surface area contributed by atoms with Gasteiger partial charge in [-0.3, -0.25) is 4.79 Å². The highest BCUT2D eigenvalue weighted by molar-refractivity contribution is 5.94. The lowest BCUT2D eigenvalue weighted by molar-refractivity contribution is 0.0953. The molecule has 1 unspecified atom stereocenters. The summed E-state index contributed by atoms with van der Waals surface area (Å²) in [5, 5.41) is 6.19. The van der Waals surface area contributed by atoms with Crippen molar-refractivity contribution in [3.05, 3.63) is 53.7 Å². The summed E-state index contributed by atoms with van der Waals surface area (Å²) in [6, 6.07) is 11.8. The summed E-state index contributed by atoms with van der Waals surface area (Å²) in [4.78, 5) is 16.5. The van der Waals surface area contributed by atoms with E-state index in [0.717, 1.165) is 30.0 Å². The Kier molecular flexibility index (Phi) is 6.61. The second-order valence-electron chi connectivity index (χ2n) is 5.70. The van der Waals surface area contributed by atoms with Gasteiger partial charge in [-0.25, -0.2) is 4.98 Å². The van der Waals surface area contributed by atoms with Gasteiger partial charge in [-0.2, -0.15) is 0 Å². The highest BCUT2D eigenvalue weighted by Gasteiger charge is 2.08. The van der Waals surface area contributed by atoms with Gasteiger partial charge in [0.05, 0.1) is 12.7 Å². The van der Waals surface area contributed by atoms with Crippen LogP contribution in [0.4, 0.5) is 5.82 Å². The van der Waals surface area contributed by atoms with E-state index < -0.39 is 0 Å². The molecule has 2 aromatic rings. The number of carbonyl (C=O) groups excluding carboxylic acids is 1. The van der Waals surface area contributed by atoms with Crippen LogP contribution in [-0.2, 0) is 6.42 Å². The van der Waals surface area contributed by atoms with E-state index in [1.807, 2.05) is 30.3 Å². The Bertz CT molecular complexity index is 656. The number of benzene rings is 1. The van der Waals surface area contributed by atoms with Gasteiger partial charge >= 0.3 is 0 Å². The number of pyridine rings is 1. The van der Waals surface area contributed by atoms with Gasteiger partial charge in [-0.15, -0.1) is 0 Å². The van der Waals surface area contributed by atoms with Crippen molar-refractivity contribution >= 4 is 11.7 Å². The summed E-state index contributed by atoms with van der Waals surface area (Å²) in [5.74, 6) is 1.51. The van der Waals surface area contributed by atoms with Gasteiger partial charge in [0.15, 0.2) is 0 Å². The van der Waals surface area contributed by atoms with Gasteiger partial charge in [-0.1, -0.05) is 25.1 Å². The van der Waals surface area contributed by atoms with Crippen molar-refractivity contribution in [1.29, 1.82) is 0 Å². The zero-order valence-corrected chi connectivity index (χ0v) is 14.5. The lowest BCUT2D eigenvalue weighted by atomic mass is 10.1. The molecule has 1 heterocycles. The van der Waals surface area contributed by atoms with Crippen LogP contribution < -0.4 is 15.4 Å². The zero-order chi connectivity index (χ0) is 17.4. The van der Waals surface area contributed by atoms with Crippen LogP contribution in [0.1, 0.15) is 36.2 Å². The summed E-state index contributed by atoms with van der Waals surface area (Å²) in [7, 11) is 1.65. The van der Waals surface area contributed by atoms with Crippen LogP contribution in [0.15, 0.2) is 42.6 Å². The van der Waals surface area contributed by atoms with Crippen molar-refractivity contribution in [3.63, 3.8) is 0 Å². The molecule has 0 saturated heterocycles. The number of anilines is 1. The quantitative estimate of drug-likeness (QED) is 0.781. The SMILES string of the molecule is CCC(C)Nc1ccc(C(=O)NCCc2ccccc2OC)cn1. The lowest BCUT2D eigenvalue weighted by Crippen LogP contribution is -2.26. The molecule has 5 heteroatoms. The summed E-state index contributed by atoms with van der Waals surface area (Å²) in [6.45, 7) is 4.76. The number of para-hydroxylation sites is 1. The summed E-state index contributed by atoms with van der Waals surface area (Å²) in [6.07, 6.45) is 3.34. The Morgan fingerprint density at radius 1 is 1.25 bits per heavy atom. The van der Waals surface area contributed by atoms with Gasteiger partial charge in [0.2, 0.25) is 0 Å². The Hall–Kier alpha value is -2.56. The van der Waals surface area contributed by atoms with Gasteiger partial charge in [0.25, 0.3) is 5.91 Å². The first kappa shape index (κ1) is 17.8. The normalized spacial score (nSPS) is 11.6. The molecule has 2 rings (SSSR count). The minimum absolute atomic E-state index is 0.118. The highest BCUT2D eigenvalue weighted by atomic mass is 16.5. The van der Waals surface area contributed by atoms with Crippen LogP contribution in [0.5, 0.6) is 5.75 Å². The lowest BCUT2D eigenvalue weighted by Gasteiger charge is -2.12. The molecule has 0 spiro atoms. The molecule has 0 aliphatic carbocycles. The molecule has 5 nitrogen and oxygen atoms in total. The highest BCUT2D eigenvalue weighted by Crippen LogP contribution is 2.17. The van der Waals surface area contributed by atoms with Crippen molar-refractivity contribution in [2.24, 2.45) is 0 Å². The molecule has 1 aromatic carbocycles. The molecule has 128 valence electrons. The average Bonchev–Trinajstić information content (AvgIpc) is 2.62. The van der Waals surface area contributed by atoms with E-state index in [4.69, 9.17) is 4.74 Å². The average molecular weight is 327 g/mol. The van der Waals surface area contributed by atoms with Crippen molar-refractivity contribution in [1.82, 2.24) is 10.3 Å². The van der Waals surface area contributed by atoms with Crippen LogP contribution in [0.25, 0.3) is 0 Å². The Morgan fingerprint density at radius 3 is 2.71 bits per heavy atom. The third-order valence-corrected chi connectivity index (χ3v) is 3.90. The fourth-order valence-electron chi connectivity index (χ4n) is 2.29. The first-order valence-electron chi connectivity index (χ1n) is 8.26. The summed E-state index contributed by atoms with van der Waals surface area (Å²) >= 11 is 0. The molecule has 0 aliphatic rings. The molecule has 24 heavy (non-hydrogen) atoms. The molecule has 0 radical (unpaired) electrons. The topological polar surface area (TPSA) is 63.2 Å². The van der Waals surface area contributed by atoms with E-state index in [1.165, 1.54) is 0 Å². The molecule has 2 N–H and O–H groups in total. The van der Waals surface area contributed by atoms with Crippen LogP contribution in [0.3, 0.4) is 0 Å². The van der Waals surface area contributed by atoms with Crippen LogP contribution in [0, 0.1) is 0 Å². The first-order chi connectivity index (χ1) is 11.6. The van der Waals surface area contributed by atoms with Crippen molar-refractivity contribution < 1.29 is 9.53 Å². The van der Waals surface area contributed by atoms with Crippen LogP contribution in [-0.4, -0.2) is 30.6 Å². The van der Waals surface area contributed by atoms with Crippen LogP contribution >= 0.6 is 0 Å². The largest absolute Gasteiger partial charge is 0.496 e. The number of carbonyl (C=O) groups is 1. The van der Waals surface area contributed by atoms with E-state index in [2.05, 4.69) is 29.5 Å². The van der Waals surface area contributed by atoms with Gasteiger partial charge in [-0.05, 0) is 43.5 Å². The number of nitrogens with zero attached hydrogens (tertiary/aromatic N) is 1. The molecule has 1 amide bonds. The van der Waals surface area contributed by atoms with E-state index in [-0.39, 0.29) is 5.91 Å². The molecule has 0 saturated carbocycles. The standard InChI is InChI=1S/C19H25N3O2/c1-4-14(2)22-18-10-9-16(13-21-18)19(23)20-12-11-15-7-5-6-8-17(15)24-3/h5-10,13-14H,4,11-12H2,1-3H3,(H,20,23)(H,21,22). The minimum atomic E-state index is -0.118. The monoisotopic (exact) mass is 327 g/mol. The van der Waals surface area contributed by atoms with Gasteiger partial charge in [0, 0.05) is 18.8 Å². The number of hydrogen-bond donors (Lipinski definition) is 2. The molecular weight excluding hydrogens is 302 g/mol. The second kappa shape index (κ2) is 8.91. The number of rotatable bonds is 8. The number of amides is 1. The molecule has 1 atom stereocenters. The number of nitrogens with one attached hydrogen (secondary N) is 2. The molecule has 0 fully saturated rings. The Labute approximate surface area is 143 Å². The van der Waals surface area contributed by atoms with Crippen molar-refractivity contribution in [2.75, 3.05) is 19.0 Å². The van der Waals surface area contributed by atoms with E-state index in [0.29, 0.717) is 18.2 Å². The Balaban J connectivity index is 1.86. The molecular formula is C19H25N3O2. The number of hydrogen-bond acceptors (Lipinski definition) is 4. The fourth-order valence-corrected chi connectivity index (χ4v) is 2.29. The van der Waals surface area contributed by atoms with Crippen molar-refractivity contribution in [3.8, 4) is 5.75 Å². The van der Waals surface area contributed by atoms with Gasteiger partial charge in [0.1, 0.15) is 11.6 Å². The van der Waals surface area contributed by atoms with E-state index >= 15 is 0 Å². The predicted molar refractivity (Wildman–Crippen MR) is 96.6 cm³/mol. The summed E-state index contributed by atoms with van der Waals surface area (Å²) in [5.41, 5.74) is 1.64. The minimum Gasteiger partial charge on any atom is -0.496 e. The molecule has 0 aliphatic heterocycles. The predicted octanol–water partition coefficient (Wildman–Crippen LogP) is 3.27. The third-order valence-electron chi connectivity index (χ3n) is 3.90. The van der Waals surface area contributed by atoms with Gasteiger partial charge < -0.3 is 15.4 Å². The smallest absolute Gasteiger partial charge is 0.252 e.